The first-order valence-corrected chi connectivity index (χ1v) is 7.97. The van der Waals surface area contributed by atoms with Gasteiger partial charge in [-0.2, -0.15) is 0 Å². The van der Waals surface area contributed by atoms with Gasteiger partial charge in [-0.05, 0) is 41.9 Å². The Kier molecular flexibility index (Phi) is 6.03. The molecule has 102 valence electrons. The molecule has 17 heavy (non-hydrogen) atoms. The summed E-state index contributed by atoms with van der Waals surface area (Å²) in [5.41, 5.74) is 0. The molecule has 0 aliphatic heterocycles. The highest BCUT2D eigenvalue weighted by atomic mass is 14.4. The first-order chi connectivity index (χ1) is 7.97. The summed E-state index contributed by atoms with van der Waals surface area (Å²) in [4.78, 5) is 0. The highest BCUT2D eigenvalue weighted by Gasteiger charge is 2.32. The van der Waals surface area contributed by atoms with E-state index in [1.165, 1.54) is 32.1 Å². The fourth-order valence-corrected chi connectivity index (χ4v) is 3.50. The Morgan fingerprint density at radius 2 is 1.71 bits per heavy atom. The minimum atomic E-state index is 0.839. The van der Waals surface area contributed by atoms with Crippen LogP contribution in [0.1, 0.15) is 73.6 Å². The molecule has 0 saturated heterocycles. The fraction of sp³-hybridized carbons (Fsp3) is 1.00. The SMILES string of the molecule is CCC(C(C)CCCC1CC1C)C(C)C(C)C. The van der Waals surface area contributed by atoms with Crippen LogP contribution in [0.2, 0.25) is 0 Å². The van der Waals surface area contributed by atoms with Crippen LogP contribution in [0.25, 0.3) is 0 Å². The van der Waals surface area contributed by atoms with Gasteiger partial charge in [0.05, 0.1) is 0 Å². The average molecular weight is 238 g/mol. The predicted molar refractivity (Wildman–Crippen MR) is 78.1 cm³/mol. The lowest BCUT2D eigenvalue weighted by molar-refractivity contribution is 0.186. The van der Waals surface area contributed by atoms with Crippen molar-refractivity contribution in [1.82, 2.24) is 0 Å². The van der Waals surface area contributed by atoms with Crippen LogP contribution >= 0.6 is 0 Å². The standard InChI is InChI=1S/C17H34/c1-7-17(15(6)12(2)3)13(4)9-8-10-16-11-14(16)5/h12-17H,7-11H2,1-6H3. The maximum absolute atomic E-state index is 2.49. The van der Waals surface area contributed by atoms with Crippen LogP contribution in [0.5, 0.6) is 0 Å². The van der Waals surface area contributed by atoms with Gasteiger partial charge in [0.2, 0.25) is 0 Å². The second-order valence-corrected chi connectivity index (χ2v) is 7.06. The van der Waals surface area contributed by atoms with E-state index < -0.39 is 0 Å². The smallest absolute Gasteiger partial charge is 0.0363 e. The maximum atomic E-state index is 2.49. The third kappa shape index (κ3) is 4.64. The topological polar surface area (TPSA) is 0 Å². The van der Waals surface area contributed by atoms with Gasteiger partial charge in [-0.15, -0.1) is 0 Å². The first-order valence-electron chi connectivity index (χ1n) is 7.97. The second kappa shape index (κ2) is 6.81. The Hall–Kier alpha value is 0. The zero-order chi connectivity index (χ0) is 13.0. The van der Waals surface area contributed by atoms with Crippen LogP contribution < -0.4 is 0 Å². The van der Waals surface area contributed by atoms with Gasteiger partial charge >= 0.3 is 0 Å². The maximum Gasteiger partial charge on any atom is -0.0363 e. The summed E-state index contributed by atoms with van der Waals surface area (Å²) in [6.07, 6.45) is 7.29. The van der Waals surface area contributed by atoms with Crippen LogP contribution in [0.3, 0.4) is 0 Å². The molecular weight excluding hydrogens is 204 g/mol. The zero-order valence-electron chi connectivity index (χ0n) is 13.0. The normalized spacial score (nSPS) is 29.1. The van der Waals surface area contributed by atoms with E-state index in [4.69, 9.17) is 0 Å². The van der Waals surface area contributed by atoms with Crippen molar-refractivity contribution in [2.24, 2.45) is 35.5 Å². The molecular formula is C17H34. The van der Waals surface area contributed by atoms with Gasteiger partial charge in [0.15, 0.2) is 0 Å². The van der Waals surface area contributed by atoms with Crippen molar-refractivity contribution in [3.05, 3.63) is 0 Å². The molecule has 0 heteroatoms. The molecule has 0 N–H and O–H groups in total. The molecule has 5 unspecified atom stereocenters. The van der Waals surface area contributed by atoms with Crippen molar-refractivity contribution < 1.29 is 0 Å². The molecule has 0 radical (unpaired) electrons. The first kappa shape index (κ1) is 15.1. The van der Waals surface area contributed by atoms with Crippen molar-refractivity contribution >= 4 is 0 Å². The summed E-state index contributed by atoms with van der Waals surface area (Å²) in [7, 11) is 0. The summed E-state index contributed by atoms with van der Waals surface area (Å²) in [6, 6.07) is 0. The molecule has 1 aliphatic rings. The van der Waals surface area contributed by atoms with Gasteiger partial charge < -0.3 is 0 Å². The molecule has 0 spiro atoms. The van der Waals surface area contributed by atoms with Crippen molar-refractivity contribution in [1.29, 1.82) is 0 Å². The lowest BCUT2D eigenvalue weighted by Gasteiger charge is -2.31. The van der Waals surface area contributed by atoms with Crippen LogP contribution in [-0.2, 0) is 0 Å². The third-order valence-electron chi connectivity index (χ3n) is 5.44. The monoisotopic (exact) mass is 238 g/mol. The van der Waals surface area contributed by atoms with E-state index in [9.17, 15) is 0 Å². The summed E-state index contributed by atoms with van der Waals surface area (Å²) in [5.74, 6) is 5.71. The van der Waals surface area contributed by atoms with Crippen LogP contribution in [-0.4, -0.2) is 0 Å². The molecule has 5 atom stereocenters. The largest absolute Gasteiger partial charge is 0.0651 e. The van der Waals surface area contributed by atoms with Gasteiger partial charge in [-0.25, -0.2) is 0 Å². The van der Waals surface area contributed by atoms with Crippen molar-refractivity contribution in [2.45, 2.75) is 73.6 Å². The molecule has 0 amide bonds. The lowest BCUT2D eigenvalue weighted by Crippen LogP contribution is -2.23. The Morgan fingerprint density at radius 3 is 2.12 bits per heavy atom. The van der Waals surface area contributed by atoms with Crippen LogP contribution in [0.4, 0.5) is 0 Å². The Morgan fingerprint density at radius 1 is 1.12 bits per heavy atom. The molecule has 1 fully saturated rings. The zero-order valence-corrected chi connectivity index (χ0v) is 13.0. The summed E-state index contributed by atoms with van der Waals surface area (Å²) < 4.78 is 0. The van der Waals surface area contributed by atoms with Crippen LogP contribution in [0.15, 0.2) is 0 Å². The number of hydrogen-bond acceptors (Lipinski definition) is 0. The fourth-order valence-electron chi connectivity index (χ4n) is 3.50. The second-order valence-electron chi connectivity index (χ2n) is 7.06. The Bertz CT molecular complexity index is 206. The third-order valence-corrected chi connectivity index (χ3v) is 5.44. The van der Waals surface area contributed by atoms with Gasteiger partial charge in [0.25, 0.3) is 0 Å². The van der Waals surface area contributed by atoms with Gasteiger partial charge in [-0.1, -0.05) is 67.2 Å². The van der Waals surface area contributed by atoms with Crippen molar-refractivity contribution in [3.63, 3.8) is 0 Å². The van der Waals surface area contributed by atoms with Gasteiger partial charge in [-0.3, -0.25) is 0 Å². The summed E-state index contributed by atoms with van der Waals surface area (Å²) in [6.45, 7) is 14.5. The minimum Gasteiger partial charge on any atom is -0.0651 e. The summed E-state index contributed by atoms with van der Waals surface area (Å²) in [5, 5.41) is 0. The van der Waals surface area contributed by atoms with E-state index in [1.54, 1.807) is 0 Å². The van der Waals surface area contributed by atoms with Gasteiger partial charge in [0.1, 0.15) is 0 Å². The average Bonchev–Trinajstić information content (AvgIpc) is 2.95. The molecule has 1 aliphatic carbocycles. The van der Waals surface area contributed by atoms with E-state index in [2.05, 4.69) is 41.5 Å². The van der Waals surface area contributed by atoms with E-state index in [0.29, 0.717) is 0 Å². The molecule has 1 saturated carbocycles. The molecule has 0 bridgehead atoms. The van der Waals surface area contributed by atoms with E-state index in [1.807, 2.05) is 0 Å². The van der Waals surface area contributed by atoms with Crippen molar-refractivity contribution in [2.75, 3.05) is 0 Å². The molecule has 0 aromatic carbocycles. The van der Waals surface area contributed by atoms with Crippen LogP contribution in [0, 0.1) is 35.5 Å². The highest BCUT2D eigenvalue weighted by Crippen LogP contribution is 2.42. The quantitative estimate of drug-likeness (QED) is 0.504. The molecule has 0 aromatic rings. The molecule has 0 nitrogen and oxygen atoms in total. The number of rotatable bonds is 8. The highest BCUT2D eigenvalue weighted by molar-refractivity contribution is 4.82. The molecule has 1 rings (SSSR count). The minimum absolute atomic E-state index is 0.839. The Labute approximate surface area is 110 Å². The molecule has 0 heterocycles. The van der Waals surface area contributed by atoms with E-state index in [-0.39, 0.29) is 0 Å². The Balaban J connectivity index is 2.25. The van der Waals surface area contributed by atoms with E-state index >= 15 is 0 Å². The molecule has 0 aromatic heterocycles. The number of hydrogen-bond donors (Lipinski definition) is 0. The lowest BCUT2D eigenvalue weighted by atomic mass is 9.74. The van der Waals surface area contributed by atoms with E-state index in [0.717, 1.165) is 35.5 Å². The summed E-state index contributed by atoms with van der Waals surface area (Å²) >= 11 is 0. The predicted octanol–water partition coefficient (Wildman–Crippen LogP) is 5.77. The van der Waals surface area contributed by atoms with Gasteiger partial charge in [0, 0.05) is 0 Å². The van der Waals surface area contributed by atoms with Crippen molar-refractivity contribution in [3.8, 4) is 0 Å².